The molecule has 0 aromatic rings. The van der Waals surface area contributed by atoms with E-state index < -0.39 is 6.10 Å². The van der Waals surface area contributed by atoms with Crippen LogP contribution in [-0.4, -0.2) is 24.8 Å². The van der Waals surface area contributed by atoms with Crippen molar-refractivity contribution in [1.82, 2.24) is 0 Å². The third-order valence-electron chi connectivity index (χ3n) is 2.22. The first-order valence-corrected chi connectivity index (χ1v) is 5.03. The number of carbonyl (C=O) groups excluding carboxylic acids is 1. The number of hydrogen-bond donors (Lipinski definition) is 0. The molecule has 1 unspecified atom stereocenters. The summed E-state index contributed by atoms with van der Waals surface area (Å²) >= 11 is 0. The van der Waals surface area contributed by atoms with Crippen LogP contribution in [0.4, 0.5) is 0 Å². The minimum absolute atomic E-state index is 0.0540. The van der Waals surface area contributed by atoms with Gasteiger partial charge in [0.05, 0.1) is 0 Å². The molecule has 0 N–H and O–H groups in total. The summed E-state index contributed by atoms with van der Waals surface area (Å²) in [6.07, 6.45) is 7.55. The molecule has 1 aliphatic rings. The Kier molecular flexibility index (Phi) is 4.64. The monoisotopic (exact) mass is 196 g/mol. The minimum atomic E-state index is -0.733. The molecule has 0 bridgehead atoms. The zero-order valence-electron chi connectivity index (χ0n) is 8.49. The highest BCUT2D eigenvalue weighted by molar-refractivity contribution is 5.85. The standard InChI is InChI=1S/C11H16O3/c1-3-9(12)10(4-2)14-11-7-5-6-8-13-11/h2,10-11H,3,5-8H2,1H3/t10-,11?/m0/s1. The molecule has 0 aromatic heterocycles. The number of terminal acetylenes is 1. The molecule has 0 saturated carbocycles. The summed E-state index contributed by atoms with van der Waals surface area (Å²) in [6.45, 7) is 2.47. The van der Waals surface area contributed by atoms with Gasteiger partial charge < -0.3 is 9.47 Å². The summed E-state index contributed by atoms with van der Waals surface area (Å²) in [5, 5.41) is 0. The number of Topliss-reactive ketones (excluding diaryl/α,β-unsaturated/α-hetero) is 1. The second kappa shape index (κ2) is 5.79. The van der Waals surface area contributed by atoms with Gasteiger partial charge >= 0.3 is 0 Å². The predicted molar refractivity (Wildman–Crippen MR) is 52.6 cm³/mol. The van der Waals surface area contributed by atoms with E-state index in [4.69, 9.17) is 15.9 Å². The molecular weight excluding hydrogens is 180 g/mol. The lowest BCUT2D eigenvalue weighted by Crippen LogP contribution is -2.31. The van der Waals surface area contributed by atoms with Crippen molar-refractivity contribution >= 4 is 5.78 Å². The summed E-state index contributed by atoms with van der Waals surface area (Å²) in [4.78, 5) is 11.3. The van der Waals surface area contributed by atoms with Crippen molar-refractivity contribution in [2.45, 2.75) is 45.0 Å². The van der Waals surface area contributed by atoms with Crippen LogP contribution in [-0.2, 0) is 14.3 Å². The number of ketones is 1. The number of rotatable bonds is 4. The molecule has 1 heterocycles. The van der Waals surface area contributed by atoms with Gasteiger partial charge in [-0.15, -0.1) is 6.42 Å². The molecule has 0 radical (unpaired) electrons. The molecule has 3 heteroatoms. The largest absolute Gasteiger partial charge is 0.353 e. The third kappa shape index (κ3) is 3.13. The number of ether oxygens (including phenoxy) is 2. The fraction of sp³-hybridized carbons (Fsp3) is 0.727. The van der Waals surface area contributed by atoms with Crippen LogP contribution in [0.1, 0.15) is 32.6 Å². The Morgan fingerprint density at radius 2 is 2.50 bits per heavy atom. The summed E-state index contributed by atoms with van der Waals surface area (Å²) in [5.41, 5.74) is 0. The van der Waals surface area contributed by atoms with Crippen molar-refractivity contribution in [2.24, 2.45) is 0 Å². The van der Waals surface area contributed by atoms with Gasteiger partial charge in [-0.25, -0.2) is 0 Å². The highest BCUT2D eigenvalue weighted by atomic mass is 16.7. The maximum absolute atomic E-state index is 11.3. The van der Waals surface area contributed by atoms with Gasteiger partial charge in [0.25, 0.3) is 0 Å². The van der Waals surface area contributed by atoms with Crippen LogP contribution in [0.2, 0.25) is 0 Å². The fourth-order valence-corrected chi connectivity index (χ4v) is 1.36. The molecule has 1 aliphatic heterocycles. The van der Waals surface area contributed by atoms with Crippen LogP contribution in [0.5, 0.6) is 0 Å². The van der Waals surface area contributed by atoms with Crippen molar-refractivity contribution in [3.63, 3.8) is 0 Å². The Bertz CT molecular complexity index is 223. The molecule has 14 heavy (non-hydrogen) atoms. The summed E-state index contributed by atoms with van der Waals surface area (Å²) < 4.78 is 10.7. The van der Waals surface area contributed by atoms with E-state index in [0.717, 1.165) is 19.3 Å². The quantitative estimate of drug-likeness (QED) is 0.639. The Morgan fingerprint density at radius 1 is 1.71 bits per heavy atom. The molecule has 1 rings (SSSR count). The molecule has 2 atom stereocenters. The Hall–Kier alpha value is -0.850. The SMILES string of the molecule is C#C[C@H](OC1CCCCO1)C(=O)CC. The first kappa shape index (κ1) is 11.2. The molecule has 3 nitrogen and oxygen atoms in total. The van der Waals surface area contributed by atoms with Gasteiger partial charge in [-0.1, -0.05) is 12.8 Å². The first-order chi connectivity index (χ1) is 6.77. The van der Waals surface area contributed by atoms with Gasteiger partial charge in [0, 0.05) is 13.0 Å². The van der Waals surface area contributed by atoms with Crippen LogP contribution in [0.25, 0.3) is 0 Å². The maximum Gasteiger partial charge on any atom is 0.179 e. The maximum atomic E-state index is 11.3. The van der Waals surface area contributed by atoms with Gasteiger partial charge in [-0.05, 0) is 19.3 Å². The van der Waals surface area contributed by atoms with Gasteiger partial charge in [-0.2, -0.15) is 0 Å². The Balaban J connectivity index is 2.39. The molecule has 1 saturated heterocycles. The van der Waals surface area contributed by atoms with Gasteiger partial charge in [0.2, 0.25) is 0 Å². The lowest BCUT2D eigenvalue weighted by Gasteiger charge is -2.24. The highest BCUT2D eigenvalue weighted by Gasteiger charge is 2.22. The number of carbonyl (C=O) groups is 1. The zero-order chi connectivity index (χ0) is 10.4. The molecule has 0 aromatic carbocycles. The average Bonchev–Trinajstić information content (AvgIpc) is 2.26. The topological polar surface area (TPSA) is 35.5 Å². The first-order valence-electron chi connectivity index (χ1n) is 5.03. The van der Waals surface area contributed by atoms with E-state index in [0.29, 0.717) is 13.0 Å². The Labute approximate surface area is 84.8 Å². The van der Waals surface area contributed by atoms with Crippen molar-refractivity contribution in [2.75, 3.05) is 6.61 Å². The molecule has 1 fully saturated rings. The average molecular weight is 196 g/mol. The summed E-state index contributed by atoms with van der Waals surface area (Å²) in [7, 11) is 0. The normalized spacial score (nSPS) is 23.9. The number of hydrogen-bond acceptors (Lipinski definition) is 3. The van der Waals surface area contributed by atoms with Crippen LogP contribution >= 0.6 is 0 Å². The second-order valence-electron chi connectivity index (χ2n) is 3.30. The van der Waals surface area contributed by atoms with E-state index in [1.165, 1.54) is 0 Å². The van der Waals surface area contributed by atoms with E-state index in [1.807, 2.05) is 0 Å². The van der Waals surface area contributed by atoms with E-state index in [9.17, 15) is 4.79 Å². The fourth-order valence-electron chi connectivity index (χ4n) is 1.36. The molecule has 78 valence electrons. The van der Waals surface area contributed by atoms with Crippen molar-refractivity contribution in [3.8, 4) is 12.3 Å². The van der Waals surface area contributed by atoms with Crippen molar-refractivity contribution < 1.29 is 14.3 Å². The summed E-state index contributed by atoms with van der Waals surface area (Å²) in [6, 6.07) is 0. The Morgan fingerprint density at radius 3 is 3.00 bits per heavy atom. The van der Waals surface area contributed by atoms with Gasteiger partial charge in [0.15, 0.2) is 18.2 Å². The lowest BCUT2D eigenvalue weighted by molar-refractivity contribution is -0.181. The smallest absolute Gasteiger partial charge is 0.179 e. The van der Waals surface area contributed by atoms with Gasteiger partial charge in [0.1, 0.15) is 0 Å². The predicted octanol–water partition coefficient (Wildman–Crippen LogP) is 1.51. The second-order valence-corrected chi connectivity index (χ2v) is 3.30. The van der Waals surface area contributed by atoms with E-state index in [1.54, 1.807) is 6.92 Å². The molecule has 0 aliphatic carbocycles. The molecular formula is C11H16O3. The van der Waals surface area contributed by atoms with Crippen LogP contribution in [0.3, 0.4) is 0 Å². The van der Waals surface area contributed by atoms with Crippen LogP contribution in [0.15, 0.2) is 0 Å². The molecule has 0 amide bonds. The van der Waals surface area contributed by atoms with Crippen LogP contribution in [0, 0.1) is 12.3 Å². The van der Waals surface area contributed by atoms with Crippen molar-refractivity contribution in [3.05, 3.63) is 0 Å². The lowest BCUT2D eigenvalue weighted by atomic mass is 10.2. The highest BCUT2D eigenvalue weighted by Crippen LogP contribution is 2.15. The minimum Gasteiger partial charge on any atom is -0.353 e. The van der Waals surface area contributed by atoms with E-state index in [2.05, 4.69) is 5.92 Å². The van der Waals surface area contributed by atoms with E-state index >= 15 is 0 Å². The van der Waals surface area contributed by atoms with Crippen LogP contribution < -0.4 is 0 Å². The third-order valence-corrected chi connectivity index (χ3v) is 2.22. The van der Waals surface area contributed by atoms with Gasteiger partial charge in [-0.3, -0.25) is 4.79 Å². The van der Waals surface area contributed by atoms with Crippen molar-refractivity contribution in [1.29, 1.82) is 0 Å². The zero-order valence-corrected chi connectivity index (χ0v) is 8.49. The molecule has 0 spiro atoms. The summed E-state index contributed by atoms with van der Waals surface area (Å²) in [5.74, 6) is 2.29. The van der Waals surface area contributed by atoms with E-state index in [-0.39, 0.29) is 12.1 Å².